The monoisotopic (exact) mass is 285 g/mol. The average molecular weight is 285 g/mol. The Morgan fingerprint density at radius 1 is 1.35 bits per heavy atom. The van der Waals surface area contributed by atoms with Crippen LogP contribution < -0.4 is 0 Å². The van der Waals surface area contributed by atoms with Gasteiger partial charge in [-0.2, -0.15) is 0 Å². The molecule has 6 heteroatoms. The topological polar surface area (TPSA) is 79.2 Å². The maximum Gasteiger partial charge on any atom is 0.414 e. The Kier molecular flexibility index (Phi) is 3.86. The number of rotatable bonds is 2. The van der Waals surface area contributed by atoms with Crippen LogP contribution in [0.3, 0.4) is 0 Å². The van der Waals surface area contributed by atoms with Crippen molar-refractivity contribution < 1.29 is 24.5 Å². The minimum atomic E-state index is -0.692. The molecule has 1 saturated heterocycles. The van der Waals surface area contributed by atoms with Crippen LogP contribution in [0.5, 0.6) is 0 Å². The lowest BCUT2D eigenvalue weighted by Crippen LogP contribution is -2.35. The highest BCUT2D eigenvalue weighted by Crippen LogP contribution is 2.47. The van der Waals surface area contributed by atoms with Crippen molar-refractivity contribution >= 4 is 6.09 Å². The summed E-state index contributed by atoms with van der Waals surface area (Å²) in [6, 6.07) is 0. The number of methoxy groups -OCH3 is 1. The molecule has 1 amide bonds. The Balaban J connectivity index is 2.25. The number of hydrogen-bond donors (Lipinski definition) is 2. The van der Waals surface area contributed by atoms with Crippen molar-refractivity contribution in [2.45, 2.75) is 45.3 Å². The SMILES string of the molecule is CO/C(O)=C1\[C@H](C2CC2)[C@@H](O)CN1C(=O)OC(C)(C)C. The predicted octanol–water partition coefficient (Wildman–Crippen LogP) is 2.00. The van der Waals surface area contributed by atoms with E-state index in [-0.39, 0.29) is 18.4 Å². The lowest BCUT2D eigenvalue weighted by Gasteiger charge is -2.25. The normalized spacial score (nSPS) is 29.4. The van der Waals surface area contributed by atoms with Gasteiger partial charge in [0.1, 0.15) is 11.3 Å². The van der Waals surface area contributed by atoms with E-state index in [1.54, 1.807) is 20.8 Å². The Bertz CT molecular complexity index is 422. The van der Waals surface area contributed by atoms with Crippen LogP contribution in [0.2, 0.25) is 0 Å². The standard InChI is InChI=1S/C14H23NO5/c1-14(2,3)20-13(18)15-7-9(16)10(8-5-6-8)11(15)12(17)19-4/h8-10,16-17H,5-7H2,1-4H3/b12-11+/t9-,10+/m0/s1. The summed E-state index contributed by atoms with van der Waals surface area (Å²) in [5.74, 6) is -0.281. The predicted molar refractivity (Wildman–Crippen MR) is 71.8 cm³/mol. The van der Waals surface area contributed by atoms with Gasteiger partial charge in [-0.25, -0.2) is 4.79 Å². The van der Waals surface area contributed by atoms with Gasteiger partial charge in [0.05, 0.1) is 19.8 Å². The molecule has 2 rings (SSSR count). The maximum atomic E-state index is 12.2. The molecule has 6 nitrogen and oxygen atoms in total. The lowest BCUT2D eigenvalue weighted by molar-refractivity contribution is 0.0278. The van der Waals surface area contributed by atoms with Gasteiger partial charge in [0, 0.05) is 5.92 Å². The molecule has 0 unspecified atom stereocenters. The van der Waals surface area contributed by atoms with Crippen molar-refractivity contribution in [3.8, 4) is 0 Å². The number of ether oxygens (including phenoxy) is 2. The summed E-state index contributed by atoms with van der Waals surface area (Å²) < 4.78 is 10.2. The number of amides is 1. The van der Waals surface area contributed by atoms with Crippen molar-refractivity contribution in [1.82, 2.24) is 4.90 Å². The molecule has 2 aliphatic rings. The molecule has 0 aromatic heterocycles. The first-order valence-electron chi connectivity index (χ1n) is 6.90. The third kappa shape index (κ3) is 3.00. The summed E-state index contributed by atoms with van der Waals surface area (Å²) >= 11 is 0. The Morgan fingerprint density at radius 3 is 2.40 bits per heavy atom. The Hall–Kier alpha value is -1.43. The number of aliphatic hydroxyl groups excluding tert-OH is 2. The van der Waals surface area contributed by atoms with E-state index in [4.69, 9.17) is 9.47 Å². The van der Waals surface area contributed by atoms with Crippen LogP contribution in [0, 0.1) is 11.8 Å². The van der Waals surface area contributed by atoms with Gasteiger partial charge in [-0.15, -0.1) is 0 Å². The molecule has 114 valence electrons. The van der Waals surface area contributed by atoms with Gasteiger partial charge in [-0.3, -0.25) is 4.90 Å². The van der Waals surface area contributed by atoms with Gasteiger partial charge >= 0.3 is 6.09 Å². The first kappa shape index (κ1) is 15.0. The van der Waals surface area contributed by atoms with E-state index in [1.165, 1.54) is 12.0 Å². The number of aliphatic hydroxyl groups is 2. The van der Waals surface area contributed by atoms with Gasteiger partial charge in [0.15, 0.2) is 0 Å². The summed E-state index contributed by atoms with van der Waals surface area (Å²) in [4.78, 5) is 13.5. The molecule has 0 spiro atoms. The van der Waals surface area contributed by atoms with E-state index in [9.17, 15) is 15.0 Å². The van der Waals surface area contributed by atoms with Crippen LogP contribution in [0.25, 0.3) is 0 Å². The smallest absolute Gasteiger partial charge is 0.414 e. The highest BCUT2D eigenvalue weighted by molar-refractivity contribution is 5.71. The van der Waals surface area contributed by atoms with E-state index in [0.29, 0.717) is 11.6 Å². The first-order chi connectivity index (χ1) is 9.24. The second kappa shape index (κ2) is 5.16. The van der Waals surface area contributed by atoms with Gasteiger partial charge < -0.3 is 19.7 Å². The summed E-state index contributed by atoms with van der Waals surface area (Å²) in [7, 11) is 1.34. The maximum absolute atomic E-state index is 12.2. The van der Waals surface area contributed by atoms with E-state index < -0.39 is 17.8 Å². The van der Waals surface area contributed by atoms with E-state index in [1.807, 2.05) is 0 Å². The molecular weight excluding hydrogens is 262 g/mol. The van der Waals surface area contributed by atoms with Gasteiger partial charge in [0.25, 0.3) is 5.95 Å². The van der Waals surface area contributed by atoms with Crippen molar-refractivity contribution in [2.75, 3.05) is 13.7 Å². The number of carbonyl (C=O) groups is 1. The first-order valence-corrected chi connectivity index (χ1v) is 6.90. The van der Waals surface area contributed by atoms with Crippen LogP contribution in [0.15, 0.2) is 11.6 Å². The molecule has 0 radical (unpaired) electrons. The molecule has 1 heterocycles. The Labute approximate surface area is 119 Å². The van der Waals surface area contributed by atoms with Crippen molar-refractivity contribution in [2.24, 2.45) is 11.8 Å². The molecule has 20 heavy (non-hydrogen) atoms. The van der Waals surface area contributed by atoms with Crippen LogP contribution >= 0.6 is 0 Å². The second-order valence-corrected chi connectivity index (χ2v) is 6.42. The fraction of sp³-hybridized carbons (Fsp3) is 0.786. The fourth-order valence-corrected chi connectivity index (χ4v) is 2.61. The van der Waals surface area contributed by atoms with Crippen LogP contribution in [0.4, 0.5) is 4.79 Å². The summed E-state index contributed by atoms with van der Waals surface area (Å²) in [6.07, 6.45) is 0.718. The van der Waals surface area contributed by atoms with E-state index >= 15 is 0 Å². The zero-order chi connectivity index (χ0) is 15.1. The molecule has 0 bridgehead atoms. The number of nitrogens with zero attached hydrogens (tertiary/aromatic N) is 1. The molecule has 0 aromatic rings. The number of likely N-dealkylation sites (tertiary alicyclic amines) is 1. The molecule has 0 aromatic carbocycles. The van der Waals surface area contributed by atoms with Crippen LogP contribution in [-0.4, -0.2) is 46.6 Å². The van der Waals surface area contributed by atoms with Gasteiger partial charge in [-0.1, -0.05) is 0 Å². The second-order valence-electron chi connectivity index (χ2n) is 6.42. The van der Waals surface area contributed by atoms with E-state index in [2.05, 4.69) is 0 Å². The highest BCUT2D eigenvalue weighted by Gasteiger charge is 2.50. The average Bonchev–Trinajstić information content (AvgIpc) is 3.09. The Morgan fingerprint density at radius 2 is 1.95 bits per heavy atom. The fourth-order valence-electron chi connectivity index (χ4n) is 2.61. The molecule has 2 fully saturated rings. The largest absolute Gasteiger partial charge is 0.480 e. The van der Waals surface area contributed by atoms with Crippen LogP contribution in [0.1, 0.15) is 33.6 Å². The quantitative estimate of drug-likeness (QED) is 0.759. The summed E-state index contributed by atoms with van der Waals surface area (Å²) in [6.45, 7) is 5.44. The minimum absolute atomic E-state index is 0.124. The van der Waals surface area contributed by atoms with Crippen molar-refractivity contribution in [3.63, 3.8) is 0 Å². The van der Waals surface area contributed by atoms with Crippen LogP contribution in [-0.2, 0) is 9.47 Å². The lowest BCUT2D eigenvalue weighted by atomic mass is 9.97. The number of hydrogen-bond acceptors (Lipinski definition) is 5. The molecule has 1 saturated carbocycles. The van der Waals surface area contributed by atoms with Gasteiger partial charge in [-0.05, 0) is 39.5 Å². The zero-order valence-corrected chi connectivity index (χ0v) is 12.4. The third-order valence-corrected chi connectivity index (χ3v) is 3.55. The molecule has 1 aliphatic carbocycles. The summed E-state index contributed by atoms with van der Waals surface area (Å²) in [5, 5.41) is 20.1. The third-order valence-electron chi connectivity index (χ3n) is 3.55. The minimum Gasteiger partial charge on any atom is -0.480 e. The van der Waals surface area contributed by atoms with Crippen molar-refractivity contribution in [3.05, 3.63) is 11.6 Å². The van der Waals surface area contributed by atoms with E-state index in [0.717, 1.165) is 12.8 Å². The molecule has 2 N–H and O–H groups in total. The number of β-amino-alcohol motifs (C(OH)–C–C–N with tert-alkyl or cyclic N) is 1. The zero-order valence-electron chi connectivity index (χ0n) is 12.4. The van der Waals surface area contributed by atoms with Gasteiger partial charge in [0.2, 0.25) is 0 Å². The molecular formula is C14H23NO5. The number of carbonyl (C=O) groups excluding carboxylic acids is 1. The molecule has 1 aliphatic heterocycles. The molecule has 2 atom stereocenters. The summed E-state index contributed by atoms with van der Waals surface area (Å²) in [5.41, 5.74) is -0.287. The van der Waals surface area contributed by atoms with Crippen molar-refractivity contribution in [1.29, 1.82) is 0 Å². The highest BCUT2D eigenvalue weighted by atomic mass is 16.6.